The van der Waals surface area contributed by atoms with Crippen LogP contribution in [0.25, 0.3) is 0 Å². The minimum absolute atomic E-state index is 0.222. The first-order valence-corrected chi connectivity index (χ1v) is 11.3. The van der Waals surface area contributed by atoms with E-state index in [2.05, 4.69) is 9.82 Å². The number of hydrogen-bond acceptors (Lipinski definition) is 5. The number of nitrogens with one attached hydrogen (secondary N) is 1. The summed E-state index contributed by atoms with van der Waals surface area (Å²) in [7, 11) is -3.40. The average molecular weight is 423 g/mol. The van der Waals surface area contributed by atoms with Crippen LogP contribution in [-0.4, -0.2) is 31.3 Å². The number of amides is 1. The third kappa shape index (κ3) is 4.28. The first kappa shape index (κ1) is 19.9. The summed E-state index contributed by atoms with van der Waals surface area (Å²) in [5.74, 6) is 0.417. The van der Waals surface area contributed by atoms with Gasteiger partial charge >= 0.3 is 0 Å². The van der Waals surface area contributed by atoms with E-state index in [0.717, 1.165) is 17.4 Å². The summed E-state index contributed by atoms with van der Waals surface area (Å²) in [6.07, 6.45) is 3.12. The Labute approximate surface area is 175 Å². The molecule has 0 bridgehead atoms. The van der Waals surface area contributed by atoms with Crippen molar-refractivity contribution in [2.24, 2.45) is 5.10 Å². The van der Waals surface area contributed by atoms with Crippen LogP contribution in [0.5, 0.6) is 0 Å². The van der Waals surface area contributed by atoms with Crippen molar-refractivity contribution in [3.8, 4) is 0 Å². The lowest BCUT2D eigenvalue weighted by Crippen LogP contribution is -2.26. The Kier molecular flexibility index (Phi) is 5.17. The van der Waals surface area contributed by atoms with Gasteiger partial charge in [0.05, 0.1) is 18.2 Å². The molecule has 1 N–H and O–H groups in total. The number of carbonyl (C=O) groups excluding carboxylic acids is 1. The smallest absolute Gasteiger partial charge is 0.274 e. The Hall–Kier alpha value is -3.39. The predicted octanol–water partition coefficient (Wildman–Crippen LogP) is 3.95. The van der Waals surface area contributed by atoms with Gasteiger partial charge in [-0.25, -0.2) is 13.4 Å². The molecule has 2 aromatic carbocycles. The van der Waals surface area contributed by atoms with Gasteiger partial charge in [0.1, 0.15) is 11.8 Å². The Morgan fingerprint density at radius 2 is 1.93 bits per heavy atom. The minimum Gasteiger partial charge on any atom is -0.467 e. The molecular formula is C22H21N3O4S. The summed E-state index contributed by atoms with van der Waals surface area (Å²) >= 11 is 0. The second-order valence-electron chi connectivity index (χ2n) is 7.26. The van der Waals surface area contributed by atoms with Gasteiger partial charge < -0.3 is 4.42 Å². The molecule has 0 fully saturated rings. The largest absolute Gasteiger partial charge is 0.467 e. The van der Waals surface area contributed by atoms with Gasteiger partial charge in [0.25, 0.3) is 5.91 Å². The van der Waals surface area contributed by atoms with Gasteiger partial charge in [-0.3, -0.25) is 9.52 Å². The van der Waals surface area contributed by atoms with E-state index >= 15 is 0 Å². The Morgan fingerprint density at radius 3 is 2.63 bits per heavy atom. The Morgan fingerprint density at radius 1 is 1.13 bits per heavy atom. The fraction of sp³-hybridized carbons (Fsp3) is 0.182. The summed E-state index contributed by atoms with van der Waals surface area (Å²) in [4.78, 5) is 13.2. The topological polar surface area (TPSA) is 92.0 Å². The molecule has 4 rings (SSSR count). The molecule has 0 saturated heterocycles. The third-order valence-electron chi connectivity index (χ3n) is 4.75. The number of hydrogen-bond donors (Lipinski definition) is 1. The number of sulfonamides is 1. The molecule has 7 nitrogen and oxygen atoms in total. The second kappa shape index (κ2) is 7.79. The first-order chi connectivity index (χ1) is 14.3. The lowest BCUT2D eigenvalue weighted by atomic mass is 10.0. The van der Waals surface area contributed by atoms with E-state index in [1.165, 1.54) is 5.01 Å². The van der Waals surface area contributed by atoms with E-state index in [-0.39, 0.29) is 11.9 Å². The SMILES string of the molecule is Cc1cccc(C(=O)N2N=C(c3cccc(NS(C)(=O)=O)c3)C[C@@H]2c2ccco2)c1. The maximum absolute atomic E-state index is 13.2. The van der Waals surface area contributed by atoms with Crippen molar-refractivity contribution in [1.82, 2.24) is 5.01 Å². The van der Waals surface area contributed by atoms with Gasteiger partial charge in [0.2, 0.25) is 10.0 Å². The fourth-order valence-electron chi connectivity index (χ4n) is 3.46. The van der Waals surface area contributed by atoms with Crippen LogP contribution in [0.3, 0.4) is 0 Å². The predicted molar refractivity (Wildman–Crippen MR) is 115 cm³/mol. The Balaban J connectivity index is 1.70. The summed E-state index contributed by atoms with van der Waals surface area (Å²) in [5.41, 5.74) is 3.38. The molecule has 8 heteroatoms. The number of hydrazone groups is 1. The van der Waals surface area contributed by atoms with Crippen LogP contribution < -0.4 is 4.72 Å². The van der Waals surface area contributed by atoms with Crippen LogP contribution in [-0.2, 0) is 10.0 Å². The van der Waals surface area contributed by atoms with Crippen LogP contribution in [0, 0.1) is 6.92 Å². The summed E-state index contributed by atoms with van der Waals surface area (Å²) in [6.45, 7) is 1.93. The van der Waals surface area contributed by atoms with Crippen molar-refractivity contribution < 1.29 is 17.6 Å². The van der Waals surface area contributed by atoms with Gasteiger partial charge in [0, 0.05) is 17.7 Å². The van der Waals surface area contributed by atoms with E-state index < -0.39 is 10.0 Å². The molecule has 1 aliphatic heterocycles. The van der Waals surface area contributed by atoms with Gasteiger partial charge in [-0.1, -0.05) is 29.8 Å². The molecule has 1 aliphatic rings. The highest BCUT2D eigenvalue weighted by Crippen LogP contribution is 2.34. The minimum atomic E-state index is -3.40. The van der Waals surface area contributed by atoms with E-state index in [9.17, 15) is 13.2 Å². The van der Waals surface area contributed by atoms with Crippen molar-refractivity contribution in [3.63, 3.8) is 0 Å². The molecule has 0 spiro atoms. The highest BCUT2D eigenvalue weighted by molar-refractivity contribution is 7.92. The molecule has 0 radical (unpaired) electrons. The van der Waals surface area contributed by atoms with Crippen molar-refractivity contribution in [3.05, 3.63) is 89.4 Å². The van der Waals surface area contributed by atoms with Gasteiger partial charge in [0.15, 0.2) is 0 Å². The molecule has 1 amide bonds. The molecule has 0 aliphatic carbocycles. The van der Waals surface area contributed by atoms with E-state index in [1.807, 2.05) is 37.3 Å². The zero-order valence-corrected chi connectivity index (χ0v) is 17.4. The van der Waals surface area contributed by atoms with Crippen LogP contribution in [0.15, 0.2) is 76.4 Å². The molecule has 2 heterocycles. The molecule has 1 atom stereocenters. The molecule has 30 heavy (non-hydrogen) atoms. The van der Waals surface area contributed by atoms with E-state index in [0.29, 0.717) is 29.1 Å². The lowest BCUT2D eigenvalue weighted by Gasteiger charge is -2.20. The summed E-state index contributed by atoms with van der Waals surface area (Å²) in [5, 5.41) is 6.05. The van der Waals surface area contributed by atoms with Crippen LogP contribution >= 0.6 is 0 Å². The van der Waals surface area contributed by atoms with E-state index in [4.69, 9.17) is 4.42 Å². The highest BCUT2D eigenvalue weighted by atomic mass is 32.2. The zero-order chi connectivity index (χ0) is 21.3. The maximum Gasteiger partial charge on any atom is 0.274 e. The zero-order valence-electron chi connectivity index (χ0n) is 16.6. The molecule has 1 aromatic heterocycles. The van der Waals surface area contributed by atoms with Crippen LogP contribution in [0.1, 0.15) is 39.7 Å². The van der Waals surface area contributed by atoms with Crippen molar-refractivity contribution in [2.75, 3.05) is 11.0 Å². The number of nitrogens with zero attached hydrogens (tertiary/aromatic N) is 2. The van der Waals surface area contributed by atoms with Gasteiger partial charge in [-0.2, -0.15) is 5.10 Å². The number of rotatable bonds is 5. The normalized spacial score (nSPS) is 16.4. The quantitative estimate of drug-likeness (QED) is 0.673. The molecular weight excluding hydrogens is 402 g/mol. The first-order valence-electron chi connectivity index (χ1n) is 9.39. The van der Waals surface area contributed by atoms with Gasteiger partial charge in [-0.15, -0.1) is 0 Å². The average Bonchev–Trinajstić information content (AvgIpc) is 3.36. The van der Waals surface area contributed by atoms with Gasteiger partial charge in [-0.05, 0) is 48.9 Å². The highest BCUT2D eigenvalue weighted by Gasteiger charge is 2.35. The standard InChI is InChI=1S/C22H21N3O4S/c1-15-6-3-8-17(12-15)22(26)25-20(21-10-5-11-29-21)14-19(23-25)16-7-4-9-18(13-16)24-30(2,27)28/h3-13,20,24H,14H2,1-2H3/t20-/m1/s1. The molecule has 0 saturated carbocycles. The number of carbonyl (C=O) groups is 1. The number of aryl methyl sites for hydroxylation is 1. The number of benzene rings is 2. The van der Waals surface area contributed by atoms with E-state index in [1.54, 1.807) is 36.6 Å². The number of anilines is 1. The molecule has 3 aromatic rings. The molecule has 154 valence electrons. The Bertz CT molecular complexity index is 1220. The molecule has 0 unspecified atom stereocenters. The van der Waals surface area contributed by atoms with Crippen molar-refractivity contribution in [1.29, 1.82) is 0 Å². The number of furan rings is 1. The maximum atomic E-state index is 13.2. The second-order valence-corrected chi connectivity index (χ2v) is 9.00. The van der Waals surface area contributed by atoms with Crippen molar-refractivity contribution in [2.45, 2.75) is 19.4 Å². The fourth-order valence-corrected chi connectivity index (χ4v) is 4.02. The van der Waals surface area contributed by atoms with Crippen LogP contribution in [0.4, 0.5) is 5.69 Å². The summed E-state index contributed by atoms with van der Waals surface area (Å²) in [6, 6.07) is 17.5. The lowest BCUT2D eigenvalue weighted by molar-refractivity contribution is 0.0692. The monoisotopic (exact) mass is 423 g/mol. The van der Waals surface area contributed by atoms with Crippen LogP contribution in [0.2, 0.25) is 0 Å². The van der Waals surface area contributed by atoms with Crippen molar-refractivity contribution >= 4 is 27.3 Å². The third-order valence-corrected chi connectivity index (χ3v) is 5.36. The summed E-state index contributed by atoms with van der Waals surface area (Å²) < 4.78 is 31.2.